The molecule has 1 aliphatic heterocycles. The van der Waals surface area contributed by atoms with E-state index in [1.807, 2.05) is 6.07 Å². The molecule has 2 aromatic rings. The molecule has 2 aromatic carbocycles. The fourth-order valence-corrected chi connectivity index (χ4v) is 3.01. The Morgan fingerprint density at radius 3 is 2.22 bits per heavy atom. The molecule has 3 heteroatoms. The Hall–Kier alpha value is -2.10. The van der Waals surface area contributed by atoms with E-state index in [0.717, 1.165) is 25.4 Å². The molecule has 0 aromatic heterocycles. The summed E-state index contributed by atoms with van der Waals surface area (Å²) in [5.74, 6) is 0. The Balaban J connectivity index is 2.07. The van der Waals surface area contributed by atoms with E-state index in [1.54, 1.807) is 0 Å². The summed E-state index contributed by atoms with van der Waals surface area (Å²) in [7, 11) is 0. The molecule has 0 spiro atoms. The molecule has 1 saturated heterocycles. The second-order valence-corrected chi connectivity index (χ2v) is 5.95. The first-order valence-electron chi connectivity index (χ1n) is 8.17. The fraction of sp³-hybridized carbons (Fsp3) is 0.300. The van der Waals surface area contributed by atoms with E-state index in [-0.39, 0.29) is 6.23 Å². The van der Waals surface area contributed by atoms with Crippen molar-refractivity contribution < 1.29 is 4.74 Å². The summed E-state index contributed by atoms with van der Waals surface area (Å²) in [6.07, 6.45) is -0.00347. The summed E-state index contributed by atoms with van der Waals surface area (Å²) in [5.41, 5.74) is 4.85. The number of ether oxygens (including phenoxy) is 1. The molecule has 1 atom stereocenters. The van der Waals surface area contributed by atoms with Crippen molar-refractivity contribution in [3.63, 3.8) is 0 Å². The van der Waals surface area contributed by atoms with E-state index >= 15 is 0 Å². The van der Waals surface area contributed by atoms with Gasteiger partial charge in [0.05, 0.1) is 6.61 Å². The van der Waals surface area contributed by atoms with Gasteiger partial charge in [0.2, 0.25) is 0 Å². The van der Waals surface area contributed by atoms with Crippen LogP contribution in [0.25, 0.3) is 5.70 Å². The van der Waals surface area contributed by atoms with E-state index in [0.29, 0.717) is 0 Å². The Kier molecular flexibility index (Phi) is 5.11. The lowest BCUT2D eigenvalue weighted by molar-refractivity contribution is 0.0336. The number of allylic oxidation sites excluding steroid dienone is 1. The van der Waals surface area contributed by atoms with Crippen molar-refractivity contribution in [2.45, 2.75) is 20.1 Å². The fourth-order valence-electron chi connectivity index (χ4n) is 3.01. The maximum Gasteiger partial charge on any atom is 0.147 e. The second-order valence-electron chi connectivity index (χ2n) is 5.95. The van der Waals surface area contributed by atoms with E-state index in [4.69, 9.17) is 4.74 Å². The average molecular weight is 308 g/mol. The molecule has 1 fully saturated rings. The Morgan fingerprint density at radius 2 is 1.65 bits per heavy atom. The van der Waals surface area contributed by atoms with Gasteiger partial charge in [-0.25, -0.2) is 0 Å². The number of para-hydroxylation sites is 1. The van der Waals surface area contributed by atoms with Crippen molar-refractivity contribution in [2.24, 2.45) is 0 Å². The molecule has 3 rings (SSSR count). The van der Waals surface area contributed by atoms with Gasteiger partial charge in [0.25, 0.3) is 0 Å². The van der Waals surface area contributed by atoms with Crippen molar-refractivity contribution in [1.82, 2.24) is 5.32 Å². The van der Waals surface area contributed by atoms with Crippen LogP contribution >= 0.6 is 0 Å². The van der Waals surface area contributed by atoms with E-state index in [2.05, 4.69) is 78.7 Å². The molecule has 0 aliphatic carbocycles. The summed E-state index contributed by atoms with van der Waals surface area (Å²) in [5, 5.41) is 3.44. The molecular formula is C20H24N2O. The zero-order chi connectivity index (χ0) is 16.1. The predicted octanol–water partition coefficient (Wildman–Crippen LogP) is 3.89. The van der Waals surface area contributed by atoms with Crippen molar-refractivity contribution in [2.75, 3.05) is 24.6 Å². The van der Waals surface area contributed by atoms with E-state index in [9.17, 15) is 0 Å². The van der Waals surface area contributed by atoms with Crippen LogP contribution in [0.3, 0.4) is 0 Å². The smallest absolute Gasteiger partial charge is 0.147 e. The van der Waals surface area contributed by atoms with Gasteiger partial charge in [0.15, 0.2) is 0 Å². The van der Waals surface area contributed by atoms with Gasteiger partial charge in [-0.2, -0.15) is 0 Å². The summed E-state index contributed by atoms with van der Waals surface area (Å²) in [4.78, 5) is 2.32. The number of benzene rings is 2. The van der Waals surface area contributed by atoms with E-state index in [1.165, 1.54) is 16.8 Å². The minimum absolute atomic E-state index is 0.00347. The van der Waals surface area contributed by atoms with Gasteiger partial charge in [-0.15, -0.1) is 0 Å². The first-order valence-corrected chi connectivity index (χ1v) is 8.17. The Bertz CT molecular complexity index is 642. The number of hydrogen-bond acceptors (Lipinski definition) is 3. The lowest BCUT2D eigenvalue weighted by atomic mass is 10.0. The Morgan fingerprint density at radius 1 is 1.00 bits per heavy atom. The molecule has 23 heavy (non-hydrogen) atoms. The normalized spacial score (nSPS) is 17.6. The zero-order valence-corrected chi connectivity index (χ0v) is 13.8. The average Bonchev–Trinajstić information content (AvgIpc) is 2.61. The molecule has 1 N–H and O–H groups in total. The number of rotatable bonds is 4. The highest BCUT2D eigenvalue weighted by Gasteiger charge is 2.26. The van der Waals surface area contributed by atoms with Crippen molar-refractivity contribution in [3.8, 4) is 0 Å². The maximum atomic E-state index is 6.08. The topological polar surface area (TPSA) is 24.5 Å². The van der Waals surface area contributed by atoms with Crippen LogP contribution in [0.15, 0.2) is 66.2 Å². The highest BCUT2D eigenvalue weighted by molar-refractivity contribution is 5.81. The third-order valence-corrected chi connectivity index (χ3v) is 3.99. The van der Waals surface area contributed by atoms with Crippen LogP contribution in [0.1, 0.15) is 19.4 Å². The van der Waals surface area contributed by atoms with Gasteiger partial charge >= 0.3 is 0 Å². The third kappa shape index (κ3) is 3.63. The Labute approximate surface area is 138 Å². The largest absolute Gasteiger partial charge is 0.355 e. The maximum absolute atomic E-state index is 6.08. The quantitative estimate of drug-likeness (QED) is 0.927. The predicted molar refractivity (Wildman–Crippen MR) is 96.2 cm³/mol. The summed E-state index contributed by atoms with van der Waals surface area (Å²) in [6.45, 7) is 6.79. The van der Waals surface area contributed by atoms with Gasteiger partial charge in [0, 0.05) is 24.5 Å². The van der Waals surface area contributed by atoms with Gasteiger partial charge in [0.1, 0.15) is 6.23 Å². The molecule has 0 bridgehead atoms. The van der Waals surface area contributed by atoms with Gasteiger partial charge in [-0.3, -0.25) is 0 Å². The zero-order valence-electron chi connectivity index (χ0n) is 13.8. The van der Waals surface area contributed by atoms with Crippen molar-refractivity contribution >= 4 is 11.4 Å². The lowest BCUT2D eigenvalue weighted by Gasteiger charge is -2.38. The van der Waals surface area contributed by atoms with Crippen LogP contribution in [-0.4, -0.2) is 25.9 Å². The van der Waals surface area contributed by atoms with Crippen LogP contribution in [0.2, 0.25) is 0 Å². The van der Waals surface area contributed by atoms with Crippen LogP contribution in [0.5, 0.6) is 0 Å². The van der Waals surface area contributed by atoms with Gasteiger partial charge < -0.3 is 15.0 Å². The summed E-state index contributed by atoms with van der Waals surface area (Å²) < 4.78 is 6.08. The SMILES string of the molecule is CC(C)=C(c1ccccc1)N(c1ccccc1)C1CNCCO1. The van der Waals surface area contributed by atoms with Gasteiger partial charge in [-0.05, 0) is 31.5 Å². The summed E-state index contributed by atoms with van der Waals surface area (Å²) >= 11 is 0. The number of hydrogen-bond donors (Lipinski definition) is 1. The monoisotopic (exact) mass is 308 g/mol. The molecule has 1 unspecified atom stereocenters. The second kappa shape index (κ2) is 7.44. The molecule has 0 radical (unpaired) electrons. The first kappa shape index (κ1) is 15.8. The highest BCUT2D eigenvalue weighted by Crippen LogP contribution is 2.31. The molecule has 0 amide bonds. The third-order valence-electron chi connectivity index (χ3n) is 3.99. The molecular weight excluding hydrogens is 284 g/mol. The number of anilines is 1. The molecule has 1 aliphatic rings. The lowest BCUT2D eigenvalue weighted by Crippen LogP contribution is -2.48. The van der Waals surface area contributed by atoms with E-state index < -0.39 is 0 Å². The number of nitrogens with one attached hydrogen (secondary N) is 1. The van der Waals surface area contributed by atoms with Crippen LogP contribution < -0.4 is 10.2 Å². The van der Waals surface area contributed by atoms with Crippen LogP contribution in [0.4, 0.5) is 5.69 Å². The van der Waals surface area contributed by atoms with Crippen LogP contribution in [0, 0.1) is 0 Å². The number of nitrogens with zero attached hydrogens (tertiary/aromatic N) is 1. The standard InChI is InChI=1S/C20H24N2O/c1-16(2)20(17-9-5-3-6-10-17)22(18-11-7-4-8-12-18)19-15-21-13-14-23-19/h3-12,19,21H,13-15H2,1-2H3. The molecule has 0 saturated carbocycles. The molecule has 3 nitrogen and oxygen atoms in total. The first-order chi connectivity index (χ1) is 11.3. The van der Waals surface area contributed by atoms with Crippen molar-refractivity contribution in [1.29, 1.82) is 0 Å². The molecule has 1 heterocycles. The summed E-state index contributed by atoms with van der Waals surface area (Å²) in [6, 6.07) is 21.0. The van der Waals surface area contributed by atoms with Gasteiger partial charge in [-0.1, -0.05) is 54.1 Å². The van der Waals surface area contributed by atoms with Crippen LogP contribution in [-0.2, 0) is 4.74 Å². The molecule has 120 valence electrons. The van der Waals surface area contributed by atoms with Crippen molar-refractivity contribution in [3.05, 3.63) is 71.8 Å². The minimum atomic E-state index is -0.00347. The minimum Gasteiger partial charge on any atom is -0.355 e. The number of morpholine rings is 1. The highest BCUT2D eigenvalue weighted by atomic mass is 16.5.